The summed E-state index contributed by atoms with van der Waals surface area (Å²) in [6.45, 7) is 3.89. The molecule has 0 aromatic heterocycles. The van der Waals surface area contributed by atoms with Crippen molar-refractivity contribution >= 4 is 5.91 Å². The van der Waals surface area contributed by atoms with Gasteiger partial charge in [0.25, 0.3) is 0 Å². The van der Waals surface area contributed by atoms with Gasteiger partial charge in [0.1, 0.15) is 0 Å². The van der Waals surface area contributed by atoms with E-state index in [9.17, 15) is 4.79 Å². The molecule has 3 rings (SSSR count). The summed E-state index contributed by atoms with van der Waals surface area (Å²) in [5.41, 5.74) is 0. The van der Waals surface area contributed by atoms with Crippen molar-refractivity contribution < 1.29 is 4.79 Å². The molecule has 0 aromatic rings. The lowest BCUT2D eigenvalue weighted by Gasteiger charge is -2.24. The molecule has 3 nitrogen and oxygen atoms in total. The summed E-state index contributed by atoms with van der Waals surface area (Å²) in [5.74, 6) is 2.09. The van der Waals surface area contributed by atoms with Crippen molar-refractivity contribution in [3.05, 3.63) is 12.2 Å². The van der Waals surface area contributed by atoms with Crippen LogP contribution in [0.1, 0.15) is 6.42 Å². The number of carbonyl (C=O) groups is 1. The van der Waals surface area contributed by atoms with Crippen LogP contribution in [-0.2, 0) is 4.79 Å². The van der Waals surface area contributed by atoms with E-state index in [0.29, 0.717) is 23.7 Å². The molecule has 2 fully saturated rings. The van der Waals surface area contributed by atoms with E-state index in [-0.39, 0.29) is 0 Å². The van der Waals surface area contributed by atoms with E-state index in [1.165, 1.54) is 0 Å². The van der Waals surface area contributed by atoms with E-state index in [1.54, 1.807) is 0 Å². The van der Waals surface area contributed by atoms with Crippen molar-refractivity contribution in [2.75, 3.05) is 26.2 Å². The van der Waals surface area contributed by atoms with Crippen LogP contribution in [0, 0.1) is 17.8 Å². The molecule has 1 amide bonds. The van der Waals surface area contributed by atoms with Crippen LogP contribution in [0.25, 0.3) is 0 Å². The maximum Gasteiger partial charge on any atom is 0.226 e. The SMILES string of the molecule is O=C(C1[C@H]2CNC[C@@H]12)N1CC=CCC1. The second-order valence-corrected chi connectivity index (χ2v) is 4.56. The van der Waals surface area contributed by atoms with Crippen LogP contribution in [-0.4, -0.2) is 37.0 Å². The van der Waals surface area contributed by atoms with Gasteiger partial charge in [0.2, 0.25) is 5.91 Å². The summed E-state index contributed by atoms with van der Waals surface area (Å²) in [5, 5.41) is 3.32. The highest BCUT2D eigenvalue weighted by Crippen LogP contribution is 2.49. The second kappa shape index (κ2) is 3.09. The van der Waals surface area contributed by atoms with Crippen molar-refractivity contribution in [2.45, 2.75) is 6.42 Å². The molecule has 0 bridgehead atoms. The van der Waals surface area contributed by atoms with Crippen molar-refractivity contribution in [3.63, 3.8) is 0 Å². The van der Waals surface area contributed by atoms with Crippen molar-refractivity contribution in [3.8, 4) is 0 Å². The van der Waals surface area contributed by atoms with Gasteiger partial charge in [-0.15, -0.1) is 0 Å². The molecule has 1 N–H and O–H groups in total. The first-order valence-corrected chi connectivity index (χ1v) is 5.52. The van der Waals surface area contributed by atoms with Crippen LogP contribution >= 0.6 is 0 Å². The standard InChI is InChI=1S/C11H16N2O/c14-11(13-4-2-1-3-5-13)10-8-6-12-7-9(8)10/h1-2,8-10,12H,3-7H2/t8-,9+,10?. The first-order chi connectivity index (χ1) is 6.88. The molecule has 1 saturated carbocycles. The molecule has 2 heterocycles. The van der Waals surface area contributed by atoms with E-state index < -0.39 is 0 Å². The van der Waals surface area contributed by atoms with Gasteiger partial charge in [0.05, 0.1) is 0 Å². The predicted molar refractivity (Wildman–Crippen MR) is 53.7 cm³/mol. The van der Waals surface area contributed by atoms with Gasteiger partial charge in [0, 0.05) is 19.0 Å². The minimum atomic E-state index is 0.364. The Morgan fingerprint density at radius 2 is 2.07 bits per heavy atom. The molecule has 76 valence electrons. The Bertz CT molecular complexity index is 277. The topological polar surface area (TPSA) is 32.3 Å². The zero-order valence-electron chi connectivity index (χ0n) is 8.28. The fourth-order valence-electron chi connectivity index (χ4n) is 2.84. The fourth-order valence-corrected chi connectivity index (χ4v) is 2.84. The molecular formula is C11H16N2O. The van der Waals surface area contributed by atoms with E-state index >= 15 is 0 Å². The maximum absolute atomic E-state index is 12.0. The minimum Gasteiger partial charge on any atom is -0.338 e. The van der Waals surface area contributed by atoms with Crippen LogP contribution in [0.3, 0.4) is 0 Å². The Labute approximate surface area is 84.2 Å². The summed E-state index contributed by atoms with van der Waals surface area (Å²) in [6.07, 6.45) is 5.31. The molecule has 14 heavy (non-hydrogen) atoms. The lowest BCUT2D eigenvalue weighted by molar-refractivity contribution is -0.133. The molecule has 0 aromatic carbocycles. The van der Waals surface area contributed by atoms with Gasteiger partial charge in [0.15, 0.2) is 0 Å². The van der Waals surface area contributed by atoms with Gasteiger partial charge in [-0.1, -0.05) is 12.2 Å². The second-order valence-electron chi connectivity index (χ2n) is 4.56. The molecule has 0 radical (unpaired) electrons. The highest BCUT2D eigenvalue weighted by molar-refractivity contribution is 5.83. The summed E-state index contributed by atoms with van der Waals surface area (Å²) in [7, 11) is 0. The van der Waals surface area contributed by atoms with Crippen LogP contribution in [0.2, 0.25) is 0 Å². The molecule has 3 heteroatoms. The lowest BCUT2D eigenvalue weighted by atomic mass is 10.2. The Morgan fingerprint density at radius 1 is 1.29 bits per heavy atom. The Morgan fingerprint density at radius 3 is 2.71 bits per heavy atom. The van der Waals surface area contributed by atoms with Crippen molar-refractivity contribution in [2.24, 2.45) is 17.8 Å². The largest absolute Gasteiger partial charge is 0.338 e. The van der Waals surface area contributed by atoms with Gasteiger partial charge >= 0.3 is 0 Å². The lowest BCUT2D eigenvalue weighted by Crippen LogP contribution is -2.37. The number of carbonyl (C=O) groups excluding carboxylic acids is 1. The third kappa shape index (κ3) is 1.19. The van der Waals surface area contributed by atoms with Crippen molar-refractivity contribution in [1.82, 2.24) is 10.2 Å². The first-order valence-electron chi connectivity index (χ1n) is 5.52. The average molecular weight is 192 g/mol. The summed E-state index contributed by atoms with van der Waals surface area (Å²) in [4.78, 5) is 14.1. The Balaban J connectivity index is 1.63. The molecule has 3 aliphatic rings. The van der Waals surface area contributed by atoms with Gasteiger partial charge in [-0.3, -0.25) is 4.79 Å². The smallest absolute Gasteiger partial charge is 0.226 e. The fraction of sp³-hybridized carbons (Fsp3) is 0.727. The van der Waals surface area contributed by atoms with E-state index in [4.69, 9.17) is 0 Å². The number of piperidine rings is 1. The van der Waals surface area contributed by atoms with Gasteiger partial charge < -0.3 is 10.2 Å². The highest BCUT2D eigenvalue weighted by Gasteiger charge is 2.57. The number of nitrogens with zero attached hydrogens (tertiary/aromatic N) is 1. The van der Waals surface area contributed by atoms with E-state index in [0.717, 1.165) is 32.6 Å². The van der Waals surface area contributed by atoms with E-state index in [2.05, 4.69) is 17.5 Å². The molecule has 1 saturated heterocycles. The Hall–Kier alpha value is -0.830. The number of nitrogens with one attached hydrogen (secondary N) is 1. The van der Waals surface area contributed by atoms with Crippen LogP contribution in [0.4, 0.5) is 0 Å². The summed E-state index contributed by atoms with van der Waals surface area (Å²) < 4.78 is 0. The molecule has 1 unspecified atom stereocenters. The summed E-state index contributed by atoms with van der Waals surface area (Å²) >= 11 is 0. The zero-order valence-corrected chi connectivity index (χ0v) is 8.28. The monoisotopic (exact) mass is 192 g/mol. The quantitative estimate of drug-likeness (QED) is 0.604. The zero-order chi connectivity index (χ0) is 9.54. The number of fused-ring (bicyclic) bond motifs is 1. The third-order valence-corrected chi connectivity index (χ3v) is 3.75. The average Bonchev–Trinajstić information content (AvgIpc) is 2.72. The molecule has 0 spiro atoms. The highest BCUT2D eigenvalue weighted by atomic mass is 16.2. The number of hydrogen-bond donors (Lipinski definition) is 1. The summed E-state index contributed by atoms with van der Waals surface area (Å²) in [6, 6.07) is 0. The Kier molecular flexibility index (Phi) is 1.87. The minimum absolute atomic E-state index is 0.364. The van der Waals surface area contributed by atoms with Crippen LogP contribution in [0.5, 0.6) is 0 Å². The normalized spacial score (nSPS) is 39.7. The van der Waals surface area contributed by atoms with Crippen LogP contribution in [0.15, 0.2) is 12.2 Å². The van der Waals surface area contributed by atoms with E-state index in [1.807, 2.05) is 4.90 Å². The number of hydrogen-bond acceptors (Lipinski definition) is 2. The first kappa shape index (κ1) is 8.48. The number of rotatable bonds is 1. The molecule has 1 aliphatic carbocycles. The third-order valence-electron chi connectivity index (χ3n) is 3.75. The van der Waals surface area contributed by atoms with Gasteiger partial charge in [-0.25, -0.2) is 0 Å². The number of amides is 1. The predicted octanol–water partition coefficient (Wildman–Crippen LogP) is 0.240. The molecular weight excluding hydrogens is 176 g/mol. The maximum atomic E-state index is 12.0. The van der Waals surface area contributed by atoms with Crippen LogP contribution < -0.4 is 5.32 Å². The van der Waals surface area contributed by atoms with Gasteiger partial charge in [-0.2, -0.15) is 0 Å². The molecule has 2 aliphatic heterocycles. The van der Waals surface area contributed by atoms with Gasteiger partial charge in [-0.05, 0) is 31.3 Å². The van der Waals surface area contributed by atoms with Crippen molar-refractivity contribution in [1.29, 1.82) is 0 Å². The molecule has 3 atom stereocenters.